The third-order valence-corrected chi connectivity index (χ3v) is 3.25. The summed E-state index contributed by atoms with van der Waals surface area (Å²) < 4.78 is 1.13. The monoisotopic (exact) mass is 253 g/mol. The molecule has 1 aromatic rings. The Morgan fingerprint density at radius 1 is 1.57 bits per heavy atom. The van der Waals surface area contributed by atoms with Gasteiger partial charge in [-0.25, -0.2) is 0 Å². The fraction of sp³-hybridized carbons (Fsp3) is 0.333. The molecule has 1 rings (SSSR count). The minimum absolute atomic E-state index is 0.116. The molecule has 0 saturated carbocycles. The van der Waals surface area contributed by atoms with E-state index in [1.807, 2.05) is 18.2 Å². The van der Waals surface area contributed by atoms with E-state index >= 15 is 0 Å². The van der Waals surface area contributed by atoms with Gasteiger partial charge in [0.05, 0.1) is 0 Å². The highest BCUT2D eigenvalue weighted by atomic mass is 79.9. The second-order valence-corrected chi connectivity index (χ2v) is 4.28. The number of benzene rings is 1. The van der Waals surface area contributed by atoms with Crippen LogP contribution in [0.25, 0.3) is 0 Å². The minimum Gasteiger partial charge on any atom is -0.324 e. The first-order valence-electron chi connectivity index (χ1n) is 4.78. The molecular weight excluding hydrogens is 238 g/mol. The Morgan fingerprint density at radius 2 is 2.29 bits per heavy atom. The molecule has 1 unspecified atom stereocenters. The smallest absolute Gasteiger partial charge is 0.0300 e. The van der Waals surface area contributed by atoms with Crippen LogP contribution < -0.4 is 5.73 Å². The third-order valence-electron chi connectivity index (χ3n) is 2.39. The normalized spacial score (nSPS) is 12.5. The number of nitrogens with two attached hydrogens (primary N) is 1. The van der Waals surface area contributed by atoms with Crippen LogP contribution in [0.4, 0.5) is 0 Å². The summed E-state index contributed by atoms with van der Waals surface area (Å²) in [6.45, 7) is 5.79. The average Bonchev–Trinajstić information content (AvgIpc) is 2.18. The fourth-order valence-electron chi connectivity index (χ4n) is 1.48. The summed E-state index contributed by atoms with van der Waals surface area (Å²) in [5, 5.41) is 0. The van der Waals surface area contributed by atoms with Gasteiger partial charge in [-0.2, -0.15) is 0 Å². The van der Waals surface area contributed by atoms with Gasteiger partial charge < -0.3 is 5.73 Å². The topological polar surface area (TPSA) is 26.0 Å². The number of rotatable bonds is 4. The highest BCUT2D eigenvalue weighted by molar-refractivity contribution is 9.10. The van der Waals surface area contributed by atoms with Crippen LogP contribution in [0.2, 0.25) is 0 Å². The summed E-state index contributed by atoms with van der Waals surface area (Å²) in [5.41, 5.74) is 8.55. The molecule has 0 aliphatic rings. The zero-order chi connectivity index (χ0) is 10.6. The molecular formula is C12H16BrN. The Balaban J connectivity index is 2.83. The van der Waals surface area contributed by atoms with Crippen LogP contribution in [-0.4, -0.2) is 0 Å². The van der Waals surface area contributed by atoms with Crippen molar-refractivity contribution in [2.24, 2.45) is 5.73 Å². The second-order valence-electron chi connectivity index (χ2n) is 3.43. The van der Waals surface area contributed by atoms with Crippen LogP contribution in [0.1, 0.15) is 30.0 Å². The van der Waals surface area contributed by atoms with Gasteiger partial charge in [-0.1, -0.05) is 34.1 Å². The van der Waals surface area contributed by atoms with Crippen LogP contribution in [0, 0.1) is 6.92 Å². The summed E-state index contributed by atoms with van der Waals surface area (Å²) in [5.74, 6) is 0. The van der Waals surface area contributed by atoms with Crippen molar-refractivity contribution in [2.45, 2.75) is 25.8 Å². The summed E-state index contributed by atoms with van der Waals surface area (Å²) in [6.07, 6.45) is 3.83. The molecule has 0 radical (unpaired) electrons. The van der Waals surface area contributed by atoms with E-state index in [0.717, 1.165) is 17.3 Å². The van der Waals surface area contributed by atoms with E-state index in [0.29, 0.717) is 0 Å². The molecule has 1 nitrogen and oxygen atoms in total. The standard InChI is InChI=1S/C12H16BrN/c1-3-4-8-12(14)10-6-5-7-11(13)9(10)2/h3,5-7,12H,1,4,8,14H2,2H3. The van der Waals surface area contributed by atoms with Gasteiger partial charge in [-0.05, 0) is 37.0 Å². The van der Waals surface area contributed by atoms with Crippen LogP contribution >= 0.6 is 15.9 Å². The van der Waals surface area contributed by atoms with Crippen molar-refractivity contribution >= 4 is 15.9 Å². The van der Waals surface area contributed by atoms with Gasteiger partial charge in [0.15, 0.2) is 0 Å². The molecule has 0 saturated heterocycles. The SMILES string of the molecule is C=CCCC(N)c1cccc(Br)c1C. The largest absolute Gasteiger partial charge is 0.324 e. The fourth-order valence-corrected chi connectivity index (χ4v) is 1.86. The lowest BCUT2D eigenvalue weighted by Crippen LogP contribution is -2.11. The van der Waals surface area contributed by atoms with Crippen LogP contribution in [0.5, 0.6) is 0 Å². The summed E-state index contributed by atoms with van der Waals surface area (Å²) >= 11 is 3.51. The van der Waals surface area contributed by atoms with Crippen molar-refractivity contribution in [2.75, 3.05) is 0 Å². The molecule has 1 atom stereocenters. The first-order valence-corrected chi connectivity index (χ1v) is 5.57. The van der Waals surface area contributed by atoms with E-state index < -0.39 is 0 Å². The molecule has 0 fully saturated rings. The van der Waals surface area contributed by atoms with E-state index in [4.69, 9.17) is 5.73 Å². The van der Waals surface area contributed by atoms with Gasteiger partial charge >= 0.3 is 0 Å². The summed E-state index contributed by atoms with van der Waals surface area (Å²) in [4.78, 5) is 0. The Kier molecular flexibility index (Phi) is 4.36. The maximum absolute atomic E-state index is 6.08. The molecule has 0 amide bonds. The molecule has 0 aromatic heterocycles. The van der Waals surface area contributed by atoms with Crippen molar-refractivity contribution in [3.05, 3.63) is 46.5 Å². The van der Waals surface area contributed by atoms with Gasteiger partial charge in [0, 0.05) is 10.5 Å². The summed E-state index contributed by atoms with van der Waals surface area (Å²) in [7, 11) is 0. The van der Waals surface area contributed by atoms with Crippen molar-refractivity contribution in [3.63, 3.8) is 0 Å². The van der Waals surface area contributed by atoms with Crippen LogP contribution in [0.3, 0.4) is 0 Å². The van der Waals surface area contributed by atoms with Crippen LogP contribution in [-0.2, 0) is 0 Å². The molecule has 0 bridgehead atoms. The Hall–Kier alpha value is -0.600. The second kappa shape index (κ2) is 5.32. The van der Waals surface area contributed by atoms with Crippen molar-refractivity contribution in [1.82, 2.24) is 0 Å². The molecule has 1 aromatic carbocycles. The zero-order valence-corrected chi connectivity index (χ0v) is 10.0. The lowest BCUT2D eigenvalue weighted by atomic mass is 9.98. The molecule has 0 aliphatic heterocycles. The van der Waals surface area contributed by atoms with Gasteiger partial charge in [0.1, 0.15) is 0 Å². The van der Waals surface area contributed by atoms with Gasteiger partial charge in [-0.15, -0.1) is 6.58 Å². The highest BCUT2D eigenvalue weighted by Crippen LogP contribution is 2.25. The van der Waals surface area contributed by atoms with E-state index in [1.165, 1.54) is 11.1 Å². The average molecular weight is 254 g/mol. The van der Waals surface area contributed by atoms with Crippen molar-refractivity contribution in [3.8, 4) is 0 Å². The molecule has 0 aliphatic carbocycles. The van der Waals surface area contributed by atoms with E-state index in [-0.39, 0.29) is 6.04 Å². The number of hydrogen-bond donors (Lipinski definition) is 1. The maximum Gasteiger partial charge on any atom is 0.0300 e. The first kappa shape index (κ1) is 11.5. The van der Waals surface area contributed by atoms with E-state index in [9.17, 15) is 0 Å². The summed E-state index contributed by atoms with van der Waals surface area (Å²) in [6, 6.07) is 6.28. The molecule has 14 heavy (non-hydrogen) atoms. The molecule has 2 heteroatoms. The predicted molar refractivity (Wildman–Crippen MR) is 65.2 cm³/mol. The molecule has 0 spiro atoms. The van der Waals surface area contributed by atoms with E-state index in [1.54, 1.807) is 0 Å². The van der Waals surface area contributed by atoms with Crippen molar-refractivity contribution < 1.29 is 0 Å². The van der Waals surface area contributed by atoms with Gasteiger partial charge in [-0.3, -0.25) is 0 Å². The maximum atomic E-state index is 6.08. The minimum atomic E-state index is 0.116. The van der Waals surface area contributed by atoms with Crippen molar-refractivity contribution in [1.29, 1.82) is 0 Å². The molecule has 76 valence electrons. The molecule has 0 heterocycles. The van der Waals surface area contributed by atoms with Crippen LogP contribution in [0.15, 0.2) is 35.3 Å². The molecule has 2 N–H and O–H groups in total. The highest BCUT2D eigenvalue weighted by Gasteiger charge is 2.09. The van der Waals surface area contributed by atoms with Gasteiger partial charge in [0.2, 0.25) is 0 Å². The number of allylic oxidation sites excluding steroid dienone is 1. The lowest BCUT2D eigenvalue weighted by molar-refractivity contribution is 0.657. The van der Waals surface area contributed by atoms with Gasteiger partial charge in [0.25, 0.3) is 0 Å². The Morgan fingerprint density at radius 3 is 2.93 bits per heavy atom. The Bertz CT molecular complexity index is 320. The number of halogens is 1. The third kappa shape index (κ3) is 2.69. The Labute approximate surface area is 94.1 Å². The predicted octanol–water partition coefficient (Wildman–Crippen LogP) is 3.72. The quantitative estimate of drug-likeness (QED) is 0.814. The zero-order valence-electron chi connectivity index (χ0n) is 8.46. The lowest BCUT2D eigenvalue weighted by Gasteiger charge is -2.14. The number of hydrogen-bond acceptors (Lipinski definition) is 1. The first-order chi connectivity index (χ1) is 6.66. The van der Waals surface area contributed by atoms with E-state index in [2.05, 4.69) is 35.5 Å².